The van der Waals surface area contributed by atoms with Gasteiger partial charge in [0.2, 0.25) is 0 Å². The summed E-state index contributed by atoms with van der Waals surface area (Å²) in [5.74, 6) is -0.0389. The Morgan fingerprint density at radius 2 is 1.82 bits per heavy atom. The van der Waals surface area contributed by atoms with Crippen molar-refractivity contribution in [1.29, 1.82) is 0 Å². The van der Waals surface area contributed by atoms with Crippen LogP contribution in [0.1, 0.15) is 24.3 Å². The Bertz CT molecular complexity index is 1710. The van der Waals surface area contributed by atoms with E-state index >= 15 is 0 Å². The van der Waals surface area contributed by atoms with Gasteiger partial charge in [0.1, 0.15) is 53.9 Å². The summed E-state index contributed by atoms with van der Waals surface area (Å²) in [4.78, 5) is 49.2. The van der Waals surface area contributed by atoms with E-state index in [0.717, 1.165) is 0 Å². The molecule has 6 rings (SSSR count). The van der Waals surface area contributed by atoms with E-state index in [2.05, 4.69) is 34.8 Å². The summed E-state index contributed by atoms with van der Waals surface area (Å²) in [6, 6.07) is 0. The van der Waals surface area contributed by atoms with E-state index in [0.29, 0.717) is 11.2 Å². The molecule has 22 nitrogen and oxygen atoms in total. The van der Waals surface area contributed by atoms with Crippen LogP contribution in [-0.4, -0.2) is 97.9 Å². The second kappa shape index (κ2) is 11.5. The number of ether oxygens (including phenoxy) is 2. The average Bonchev–Trinajstić information content (AvgIpc) is 3.72. The number of aliphatic hydroxyl groups is 2. The first-order valence-electron chi connectivity index (χ1n) is 12.6. The third kappa shape index (κ3) is 5.98. The molecule has 44 heavy (non-hydrogen) atoms. The van der Waals surface area contributed by atoms with Crippen LogP contribution in [0.25, 0.3) is 11.2 Å². The highest BCUT2D eigenvalue weighted by Gasteiger charge is 2.50. The lowest BCUT2D eigenvalue weighted by molar-refractivity contribution is -0.0546. The van der Waals surface area contributed by atoms with Gasteiger partial charge in [0.25, 0.3) is 0 Å². The Balaban J connectivity index is 1.17. The number of hydrogen-bond donors (Lipinski definition) is 8. The smallest absolute Gasteiger partial charge is 0.472 e. The van der Waals surface area contributed by atoms with Crippen LogP contribution in [0.2, 0.25) is 0 Å². The van der Waals surface area contributed by atoms with Gasteiger partial charge in [0.05, 0.1) is 32.2 Å². The van der Waals surface area contributed by atoms with Crippen molar-refractivity contribution < 1.29 is 57.1 Å². The molecule has 8 atom stereocenters. The molecule has 8 unspecified atom stereocenters. The van der Waals surface area contributed by atoms with Gasteiger partial charge in [-0.1, -0.05) is 0 Å². The van der Waals surface area contributed by atoms with Crippen LogP contribution >= 0.6 is 15.6 Å². The number of aromatic nitrogens is 6. The number of phosphoric ester groups is 2. The van der Waals surface area contributed by atoms with Crippen molar-refractivity contribution in [3.63, 3.8) is 0 Å². The number of aliphatic imine (C=N–C) groups is 1. The molecule has 3 aliphatic rings. The third-order valence-electron chi connectivity index (χ3n) is 6.78. The number of nitrogens with two attached hydrogens (primary N) is 2. The number of imidazole rings is 2. The summed E-state index contributed by atoms with van der Waals surface area (Å²) < 4.78 is 53.4. The SMILES string of the molecule is Nc1ncnc2c1ncn2C1C=C(O)C(COP(=O)(O)OC2C(O)C(COP(=O)(O)O)OC2n2cnc3c2N=CNC3N)O1. The molecule has 0 aliphatic carbocycles. The molecular formula is C20H26N10O12P2. The van der Waals surface area contributed by atoms with Crippen molar-refractivity contribution in [3.8, 4) is 0 Å². The molecule has 1 fully saturated rings. The number of nitrogens with zero attached hydrogens (tertiary/aromatic N) is 7. The molecule has 0 saturated carbocycles. The second-order valence-corrected chi connectivity index (χ2v) is 12.3. The highest BCUT2D eigenvalue weighted by Crippen LogP contribution is 2.51. The van der Waals surface area contributed by atoms with E-state index < -0.39 is 71.9 Å². The fourth-order valence-corrected chi connectivity index (χ4v) is 5.99. The lowest BCUT2D eigenvalue weighted by Crippen LogP contribution is -2.35. The summed E-state index contributed by atoms with van der Waals surface area (Å²) in [6.07, 6.45) is -2.81. The maximum Gasteiger partial charge on any atom is 0.472 e. The van der Waals surface area contributed by atoms with Gasteiger partial charge >= 0.3 is 15.6 Å². The van der Waals surface area contributed by atoms with E-state index in [9.17, 15) is 24.2 Å². The number of phosphoric acid groups is 2. The lowest BCUT2D eigenvalue weighted by Gasteiger charge is -2.25. The zero-order valence-corrected chi connectivity index (χ0v) is 23.9. The van der Waals surface area contributed by atoms with Gasteiger partial charge < -0.3 is 51.2 Å². The van der Waals surface area contributed by atoms with Crippen molar-refractivity contribution in [2.24, 2.45) is 10.7 Å². The molecule has 24 heteroatoms. The highest BCUT2D eigenvalue weighted by molar-refractivity contribution is 7.47. The molecule has 10 N–H and O–H groups in total. The molecule has 238 valence electrons. The Morgan fingerprint density at radius 3 is 2.59 bits per heavy atom. The maximum absolute atomic E-state index is 13.1. The van der Waals surface area contributed by atoms with Gasteiger partial charge in [0, 0.05) is 6.08 Å². The van der Waals surface area contributed by atoms with Gasteiger partial charge in [-0.25, -0.2) is 34.1 Å². The summed E-state index contributed by atoms with van der Waals surface area (Å²) in [5.41, 5.74) is 12.7. The van der Waals surface area contributed by atoms with Crippen molar-refractivity contribution in [3.05, 3.63) is 36.5 Å². The van der Waals surface area contributed by atoms with Crippen molar-refractivity contribution in [2.75, 3.05) is 18.9 Å². The minimum absolute atomic E-state index is 0.132. The number of fused-ring (bicyclic) bond motifs is 2. The average molecular weight is 660 g/mol. The first-order chi connectivity index (χ1) is 20.8. The number of nitrogen functional groups attached to an aromatic ring is 1. The minimum atomic E-state index is -5.06. The van der Waals surface area contributed by atoms with Crippen LogP contribution in [0, 0.1) is 0 Å². The maximum atomic E-state index is 13.1. The number of aliphatic hydroxyl groups excluding tert-OH is 2. The van der Waals surface area contributed by atoms with Crippen LogP contribution in [0.4, 0.5) is 11.6 Å². The monoisotopic (exact) mass is 660 g/mol. The Kier molecular flexibility index (Phi) is 8.03. The van der Waals surface area contributed by atoms with Crippen LogP contribution in [0.3, 0.4) is 0 Å². The van der Waals surface area contributed by atoms with Crippen molar-refractivity contribution in [2.45, 2.75) is 43.0 Å². The summed E-state index contributed by atoms with van der Waals surface area (Å²) >= 11 is 0. The normalized spacial score (nSPS) is 29.8. The first kappa shape index (κ1) is 30.6. The van der Waals surface area contributed by atoms with Gasteiger partial charge in [0.15, 0.2) is 29.7 Å². The predicted molar refractivity (Wildman–Crippen MR) is 143 cm³/mol. The molecule has 1 saturated heterocycles. The third-order valence-corrected chi connectivity index (χ3v) is 8.25. The predicted octanol–water partition coefficient (Wildman–Crippen LogP) is -1.27. The molecule has 0 spiro atoms. The van der Waals surface area contributed by atoms with Gasteiger partial charge in [-0.15, -0.1) is 0 Å². The van der Waals surface area contributed by atoms with E-state index in [-0.39, 0.29) is 23.1 Å². The first-order valence-corrected chi connectivity index (χ1v) is 15.6. The number of rotatable bonds is 10. The molecule has 0 amide bonds. The summed E-state index contributed by atoms with van der Waals surface area (Å²) in [7, 11) is -10.0. The highest BCUT2D eigenvalue weighted by atomic mass is 31.2. The quantitative estimate of drug-likeness (QED) is 0.118. The van der Waals surface area contributed by atoms with Gasteiger partial charge in [-0.3, -0.25) is 22.7 Å². The standard InChI is InChI=1S/C20H26N10O12P2/c21-16-12-18(25-4-23-16)29(6-27-12)11-1-8(31)9(40-11)2-39-44(36,37)42-15-14(32)10(3-38-43(33,34)35)41-20(15)30-7-28-13-17(22)24-5-26-19(13)30/h1,4-7,9-11,14-15,17,20,31-32H,2-3,22H2,(H,24,26)(H,36,37)(H2,21,23,25)(H2,33,34,35). The van der Waals surface area contributed by atoms with Crippen LogP contribution in [0.15, 0.2) is 35.8 Å². The summed E-state index contributed by atoms with van der Waals surface area (Å²) in [5, 5.41) is 24.1. The number of nitrogens with one attached hydrogen (secondary N) is 1. The molecule has 0 radical (unpaired) electrons. The van der Waals surface area contributed by atoms with Crippen LogP contribution < -0.4 is 16.8 Å². The zero-order chi connectivity index (χ0) is 31.4. The van der Waals surface area contributed by atoms with E-state index in [1.165, 1.54) is 40.5 Å². The number of anilines is 1. The second-order valence-electron chi connectivity index (χ2n) is 9.63. The zero-order valence-electron chi connectivity index (χ0n) is 22.1. The Hall–Kier alpha value is -3.37. The molecule has 3 aromatic heterocycles. The van der Waals surface area contributed by atoms with Crippen molar-refractivity contribution >= 4 is 44.8 Å². The summed E-state index contributed by atoms with van der Waals surface area (Å²) in [6.45, 7) is -1.49. The number of hydrogen-bond acceptors (Lipinski definition) is 17. The fraction of sp³-hybridized carbons (Fsp3) is 0.450. The fourth-order valence-electron chi connectivity index (χ4n) is 4.73. The van der Waals surface area contributed by atoms with E-state index in [4.69, 9.17) is 39.8 Å². The molecular weight excluding hydrogens is 634 g/mol. The van der Waals surface area contributed by atoms with E-state index in [1.807, 2.05) is 0 Å². The van der Waals surface area contributed by atoms with Gasteiger partial charge in [-0.2, -0.15) is 0 Å². The Morgan fingerprint density at radius 1 is 1.05 bits per heavy atom. The minimum Gasteiger partial charge on any atom is -0.510 e. The molecule has 6 heterocycles. The Labute approximate surface area is 245 Å². The van der Waals surface area contributed by atoms with Crippen LogP contribution in [-0.2, 0) is 32.2 Å². The largest absolute Gasteiger partial charge is 0.510 e. The van der Waals surface area contributed by atoms with Gasteiger partial charge in [-0.05, 0) is 0 Å². The molecule has 0 aromatic carbocycles. The van der Waals surface area contributed by atoms with Crippen molar-refractivity contribution in [1.82, 2.24) is 34.4 Å². The molecule has 3 aromatic rings. The molecule has 3 aliphatic heterocycles. The van der Waals surface area contributed by atoms with Crippen LogP contribution in [0.5, 0.6) is 0 Å². The molecule has 0 bridgehead atoms. The topological polar surface area (TPSA) is 319 Å². The van der Waals surface area contributed by atoms with E-state index in [1.54, 1.807) is 0 Å². The lowest BCUT2D eigenvalue weighted by atomic mass is 10.1.